The third-order valence-corrected chi connectivity index (χ3v) is 3.20. The van der Waals surface area contributed by atoms with E-state index in [1.165, 1.54) is 11.1 Å². The summed E-state index contributed by atoms with van der Waals surface area (Å²) in [6, 6.07) is 4.88. The molecule has 1 aliphatic rings. The van der Waals surface area contributed by atoms with Crippen molar-refractivity contribution in [1.29, 1.82) is 0 Å². The van der Waals surface area contributed by atoms with Crippen LogP contribution in [0.5, 0.6) is 0 Å². The Hall–Kier alpha value is -2.12. The highest BCUT2D eigenvalue weighted by Crippen LogP contribution is 2.19. The number of pyridine rings is 1. The third-order valence-electron chi connectivity index (χ3n) is 3.20. The van der Waals surface area contributed by atoms with Crippen molar-refractivity contribution in [2.45, 2.75) is 12.6 Å². The lowest BCUT2D eigenvalue weighted by Gasteiger charge is -2.22. The lowest BCUT2D eigenvalue weighted by atomic mass is 10.3. The Labute approximate surface area is 119 Å². The van der Waals surface area contributed by atoms with Crippen molar-refractivity contribution in [3.63, 3.8) is 0 Å². The summed E-state index contributed by atoms with van der Waals surface area (Å²) in [7, 11) is 0. The molecule has 0 spiro atoms. The molecule has 0 saturated carbocycles. The van der Waals surface area contributed by atoms with Crippen LogP contribution in [0.1, 0.15) is 16.9 Å². The van der Waals surface area contributed by atoms with Gasteiger partial charge in [0.25, 0.3) is 5.91 Å². The molecule has 5 nitrogen and oxygen atoms in total. The van der Waals surface area contributed by atoms with E-state index in [9.17, 15) is 22.8 Å². The van der Waals surface area contributed by atoms with Crippen LogP contribution in [0.15, 0.2) is 24.4 Å². The van der Waals surface area contributed by atoms with Gasteiger partial charge in [-0.25, -0.2) is 0 Å². The Morgan fingerprint density at radius 1 is 1.05 bits per heavy atom. The van der Waals surface area contributed by atoms with E-state index in [1.807, 2.05) is 0 Å². The largest absolute Gasteiger partial charge is 0.471 e. The van der Waals surface area contributed by atoms with E-state index in [4.69, 9.17) is 0 Å². The third kappa shape index (κ3) is 3.71. The number of halogens is 3. The topological polar surface area (TPSA) is 53.5 Å². The van der Waals surface area contributed by atoms with Gasteiger partial charge in [-0.3, -0.25) is 14.6 Å². The summed E-state index contributed by atoms with van der Waals surface area (Å²) < 4.78 is 37.2. The molecule has 0 aliphatic carbocycles. The Bertz CT molecular complexity index is 519. The summed E-state index contributed by atoms with van der Waals surface area (Å²) in [6.07, 6.45) is -3.09. The van der Waals surface area contributed by atoms with Crippen LogP contribution in [0.3, 0.4) is 0 Å². The molecule has 2 amide bonds. The smallest absolute Gasteiger partial charge is 0.335 e. The van der Waals surface area contributed by atoms with Crippen molar-refractivity contribution >= 4 is 11.8 Å². The highest BCUT2D eigenvalue weighted by molar-refractivity contribution is 5.92. The molecule has 8 heteroatoms. The van der Waals surface area contributed by atoms with Crippen LogP contribution < -0.4 is 0 Å². The van der Waals surface area contributed by atoms with Crippen LogP contribution in [0.2, 0.25) is 0 Å². The van der Waals surface area contributed by atoms with Gasteiger partial charge in [0.05, 0.1) is 0 Å². The summed E-state index contributed by atoms with van der Waals surface area (Å²) >= 11 is 0. The van der Waals surface area contributed by atoms with Crippen molar-refractivity contribution in [3.05, 3.63) is 30.1 Å². The number of carbonyl (C=O) groups excluding carboxylic acids is 2. The molecule has 114 valence electrons. The molecule has 21 heavy (non-hydrogen) atoms. The first-order valence-corrected chi connectivity index (χ1v) is 6.46. The normalized spacial score (nSPS) is 16.5. The molecule has 0 aromatic carbocycles. The van der Waals surface area contributed by atoms with Gasteiger partial charge >= 0.3 is 12.1 Å². The summed E-state index contributed by atoms with van der Waals surface area (Å²) in [6.45, 7) is 0.232. The monoisotopic (exact) mass is 301 g/mol. The predicted molar refractivity (Wildman–Crippen MR) is 67.4 cm³/mol. The van der Waals surface area contributed by atoms with Crippen molar-refractivity contribution in [1.82, 2.24) is 14.8 Å². The molecule has 0 N–H and O–H groups in total. The number of nitrogens with zero attached hydrogens (tertiary/aromatic N) is 3. The Balaban J connectivity index is 2.01. The van der Waals surface area contributed by atoms with Gasteiger partial charge in [-0.05, 0) is 18.6 Å². The zero-order valence-electron chi connectivity index (χ0n) is 11.1. The first-order chi connectivity index (χ1) is 9.89. The molecule has 1 aromatic rings. The van der Waals surface area contributed by atoms with E-state index in [-0.39, 0.29) is 31.2 Å². The lowest BCUT2D eigenvalue weighted by Crippen LogP contribution is -2.43. The Morgan fingerprint density at radius 3 is 2.33 bits per heavy atom. The average molecular weight is 301 g/mol. The molecule has 0 bridgehead atoms. The first kappa shape index (κ1) is 15.3. The fraction of sp³-hybridized carbons (Fsp3) is 0.462. The molecule has 2 rings (SSSR count). The summed E-state index contributed by atoms with van der Waals surface area (Å²) in [5.41, 5.74) is 0.244. The summed E-state index contributed by atoms with van der Waals surface area (Å²) in [5, 5.41) is 0. The fourth-order valence-corrected chi connectivity index (χ4v) is 2.15. The van der Waals surface area contributed by atoms with Crippen molar-refractivity contribution in [3.8, 4) is 0 Å². The number of hydrogen-bond acceptors (Lipinski definition) is 3. The number of alkyl halides is 3. The van der Waals surface area contributed by atoms with Crippen molar-refractivity contribution in [2.75, 3.05) is 26.2 Å². The summed E-state index contributed by atoms with van der Waals surface area (Å²) in [5.74, 6) is -2.19. The maximum Gasteiger partial charge on any atom is 0.471 e. The van der Waals surface area contributed by atoms with E-state index in [0.717, 1.165) is 4.90 Å². The van der Waals surface area contributed by atoms with Gasteiger partial charge in [0.1, 0.15) is 5.69 Å². The van der Waals surface area contributed by atoms with Gasteiger partial charge in [0, 0.05) is 32.4 Å². The van der Waals surface area contributed by atoms with Crippen LogP contribution in [0.4, 0.5) is 13.2 Å². The van der Waals surface area contributed by atoms with Gasteiger partial charge in [0.2, 0.25) is 0 Å². The lowest BCUT2D eigenvalue weighted by molar-refractivity contribution is -0.185. The average Bonchev–Trinajstić information content (AvgIpc) is 2.71. The van der Waals surface area contributed by atoms with Gasteiger partial charge in [-0.1, -0.05) is 6.07 Å². The molecular weight excluding hydrogens is 287 g/mol. The molecule has 0 unspecified atom stereocenters. The second-order valence-corrected chi connectivity index (χ2v) is 4.65. The van der Waals surface area contributed by atoms with E-state index in [1.54, 1.807) is 18.2 Å². The Morgan fingerprint density at radius 2 is 1.71 bits per heavy atom. The molecule has 0 radical (unpaired) electrons. The minimum absolute atomic E-state index is 0.00958. The van der Waals surface area contributed by atoms with Gasteiger partial charge in [0.15, 0.2) is 0 Å². The fourth-order valence-electron chi connectivity index (χ4n) is 2.15. The van der Waals surface area contributed by atoms with Crippen LogP contribution in [0, 0.1) is 0 Å². The zero-order valence-corrected chi connectivity index (χ0v) is 11.1. The number of hydrogen-bond donors (Lipinski definition) is 0. The second-order valence-electron chi connectivity index (χ2n) is 4.65. The van der Waals surface area contributed by atoms with E-state index < -0.39 is 12.1 Å². The summed E-state index contributed by atoms with van der Waals surface area (Å²) in [4.78, 5) is 29.5. The minimum Gasteiger partial charge on any atom is -0.335 e. The number of rotatable bonds is 1. The highest BCUT2D eigenvalue weighted by atomic mass is 19.4. The van der Waals surface area contributed by atoms with Gasteiger partial charge in [-0.2, -0.15) is 13.2 Å². The standard InChI is InChI=1S/C13H14F3N3O2/c14-13(15,16)12(21)19-7-3-6-18(8-9-19)11(20)10-4-1-2-5-17-10/h1-2,4-5H,3,6-9H2. The van der Waals surface area contributed by atoms with E-state index >= 15 is 0 Å². The zero-order chi connectivity index (χ0) is 15.5. The quantitative estimate of drug-likeness (QED) is 0.786. The first-order valence-electron chi connectivity index (χ1n) is 6.46. The van der Waals surface area contributed by atoms with Crippen LogP contribution in [0.25, 0.3) is 0 Å². The van der Waals surface area contributed by atoms with Gasteiger partial charge in [-0.15, -0.1) is 0 Å². The van der Waals surface area contributed by atoms with Crippen molar-refractivity contribution < 1.29 is 22.8 Å². The maximum absolute atomic E-state index is 12.4. The molecule has 1 fully saturated rings. The molecule has 1 aromatic heterocycles. The molecule has 1 saturated heterocycles. The van der Waals surface area contributed by atoms with Crippen molar-refractivity contribution in [2.24, 2.45) is 0 Å². The predicted octanol–water partition coefficient (Wildman–Crippen LogP) is 1.32. The molecule has 2 heterocycles. The number of aromatic nitrogens is 1. The second kappa shape index (κ2) is 6.11. The maximum atomic E-state index is 12.4. The molecule has 0 atom stereocenters. The highest BCUT2D eigenvalue weighted by Gasteiger charge is 2.42. The van der Waals surface area contributed by atoms with Crippen LogP contribution in [-0.4, -0.2) is 59.0 Å². The minimum atomic E-state index is -4.87. The molecular formula is C13H14F3N3O2. The number of carbonyl (C=O) groups is 2. The molecule has 1 aliphatic heterocycles. The SMILES string of the molecule is O=C(c1ccccn1)N1CCCN(C(=O)C(F)(F)F)CC1. The number of amides is 2. The van der Waals surface area contributed by atoms with Crippen LogP contribution in [-0.2, 0) is 4.79 Å². The van der Waals surface area contributed by atoms with E-state index in [2.05, 4.69) is 4.98 Å². The van der Waals surface area contributed by atoms with Gasteiger partial charge < -0.3 is 9.80 Å². The Kier molecular flexibility index (Phi) is 4.44. The van der Waals surface area contributed by atoms with Crippen LogP contribution >= 0.6 is 0 Å². The van der Waals surface area contributed by atoms with E-state index in [0.29, 0.717) is 13.0 Å².